The summed E-state index contributed by atoms with van der Waals surface area (Å²) in [4.78, 5) is 16.2. The molecule has 0 aromatic heterocycles. The molecule has 2 aliphatic heterocycles. The van der Waals surface area contributed by atoms with Gasteiger partial charge < -0.3 is 15.3 Å². The van der Waals surface area contributed by atoms with Crippen LogP contribution in [0.4, 0.5) is 0 Å². The predicted octanol–water partition coefficient (Wildman–Crippen LogP) is -0.879. The third-order valence-corrected chi connectivity index (χ3v) is 3.83. The normalized spacial score (nSPS) is 28.4. The topological polar surface area (TPSA) is 55.8 Å². The molecule has 2 fully saturated rings. The maximum Gasteiger partial charge on any atom is 0.236 e. The van der Waals surface area contributed by atoms with Crippen LogP contribution in [0.1, 0.15) is 13.3 Å². The molecule has 98 valence electrons. The van der Waals surface area contributed by atoms with E-state index in [4.69, 9.17) is 0 Å². The van der Waals surface area contributed by atoms with Crippen LogP contribution in [0.3, 0.4) is 0 Å². The van der Waals surface area contributed by atoms with Crippen molar-refractivity contribution in [3.63, 3.8) is 0 Å². The van der Waals surface area contributed by atoms with Crippen LogP contribution in [0.25, 0.3) is 0 Å². The smallest absolute Gasteiger partial charge is 0.236 e. The van der Waals surface area contributed by atoms with Crippen molar-refractivity contribution in [3.8, 4) is 0 Å². The van der Waals surface area contributed by atoms with Gasteiger partial charge in [-0.1, -0.05) is 0 Å². The van der Waals surface area contributed by atoms with E-state index in [1.807, 2.05) is 11.8 Å². The molecular weight excluding hydrogens is 218 g/mol. The lowest BCUT2D eigenvalue weighted by molar-refractivity contribution is -0.131. The summed E-state index contributed by atoms with van der Waals surface area (Å²) in [7, 11) is 0. The van der Waals surface area contributed by atoms with Gasteiger partial charge in [-0.05, 0) is 13.3 Å². The molecule has 2 aliphatic rings. The molecule has 2 N–H and O–H groups in total. The number of piperazine rings is 1. The molecular formula is C12H23N3O2. The number of hydrogen-bond acceptors (Lipinski definition) is 4. The number of hydrogen-bond donors (Lipinski definition) is 2. The van der Waals surface area contributed by atoms with E-state index in [2.05, 4.69) is 10.2 Å². The Kier molecular flexibility index (Phi) is 4.36. The Morgan fingerprint density at radius 3 is 2.71 bits per heavy atom. The number of likely N-dealkylation sites (tertiary alicyclic amines) is 1. The number of nitrogens with one attached hydrogen (secondary N) is 1. The molecule has 0 bridgehead atoms. The van der Waals surface area contributed by atoms with E-state index in [0.717, 1.165) is 45.7 Å². The summed E-state index contributed by atoms with van der Waals surface area (Å²) in [5.41, 5.74) is 0. The minimum absolute atomic E-state index is 0.218. The number of nitrogens with zero attached hydrogens (tertiary/aromatic N) is 2. The molecule has 0 saturated carbocycles. The van der Waals surface area contributed by atoms with Crippen LogP contribution in [-0.2, 0) is 4.79 Å². The Morgan fingerprint density at radius 2 is 2.12 bits per heavy atom. The van der Waals surface area contributed by atoms with E-state index in [-0.39, 0.29) is 17.9 Å². The van der Waals surface area contributed by atoms with Gasteiger partial charge in [0.1, 0.15) is 0 Å². The summed E-state index contributed by atoms with van der Waals surface area (Å²) in [5, 5.41) is 12.8. The first kappa shape index (κ1) is 12.8. The highest BCUT2D eigenvalue weighted by Gasteiger charge is 2.29. The van der Waals surface area contributed by atoms with Crippen LogP contribution >= 0.6 is 0 Å². The fourth-order valence-corrected chi connectivity index (χ4v) is 2.57. The highest BCUT2D eigenvalue weighted by molar-refractivity contribution is 5.78. The zero-order valence-electron chi connectivity index (χ0n) is 10.6. The Morgan fingerprint density at radius 1 is 1.41 bits per heavy atom. The van der Waals surface area contributed by atoms with Gasteiger partial charge in [0.15, 0.2) is 0 Å². The molecule has 0 spiro atoms. The maximum atomic E-state index is 12.1. The summed E-state index contributed by atoms with van der Waals surface area (Å²) < 4.78 is 0. The molecule has 2 atom stereocenters. The Balaban J connectivity index is 1.76. The van der Waals surface area contributed by atoms with Crippen LogP contribution in [0.2, 0.25) is 0 Å². The van der Waals surface area contributed by atoms with Crippen molar-refractivity contribution in [2.45, 2.75) is 19.4 Å². The number of rotatable bonds is 3. The first-order valence-corrected chi connectivity index (χ1v) is 6.55. The first-order valence-electron chi connectivity index (χ1n) is 6.55. The second kappa shape index (κ2) is 5.80. The van der Waals surface area contributed by atoms with Crippen molar-refractivity contribution in [1.29, 1.82) is 0 Å². The fourth-order valence-electron chi connectivity index (χ4n) is 2.57. The highest BCUT2D eigenvalue weighted by atomic mass is 16.3. The van der Waals surface area contributed by atoms with Gasteiger partial charge in [0.25, 0.3) is 0 Å². The minimum Gasteiger partial charge on any atom is -0.393 e. The number of aliphatic hydroxyl groups excluding tert-OH is 1. The standard InChI is InChI=1S/C12H23N3O2/c1-10(16)11-2-5-15(8-11)12(17)9-14-6-3-13-4-7-14/h10-11,13,16H,2-9H2,1H3. The molecule has 0 aliphatic carbocycles. The highest BCUT2D eigenvalue weighted by Crippen LogP contribution is 2.19. The van der Waals surface area contributed by atoms with Crippen molar-refractivity contribution in [3.05, 3.63) is 0 Å². The molecule has 5 heteroatoms. The summed E-state index contributed by atoms with van der Waals surface area (Å²) in [5.74, 6) is 0.483. The van der Waals surface area contributed by atoms with E-state index in [1.54, 1.807) is 0 Å². The molecule has 2 heterocycles. The van der Waals surface area contributed by atoms with Gasteiger partial charge in [-0.25, -0.2) is 0 Å². The molecule has 1 amide bonds. The SMILES string of the molecule is CC(O)C1CCN(C(=O)CN2CCNCC2)C1. The predicted molar refractivity (Wildman–Crippen MR) is 65.7 cm³/mol. The molecule has 0 aromatic carbocycles. The number of aliphatic hydroxyl groups is 1. The van der Waals surface area contributed by atoms with Crippen molar-refractivity contribution in [2.75, 3.05) is 45.8 Å². The molecule has 0 aromatic rings. The summed E-state index contributed by atoms with van der Waals surface area (Å²) in [6.07, 6.45) is 0.636. The van der Waals surface area contributed by atoms with Crippen LogP contribution in [0.15, 0.2) is 0 Å². The maximum absolute atomic E-state index is 12.1. The average molecular weight is 241 g/mol. The van der Waals surface area contributed by atoms with Crippen LogP contribution < -0.4 is 5.32 Å². The van der Waals surface area contributed by atoms with E-state index in [9.17, 15) is 9.90 Å². The molecule has 2 saturated heterocycles. The lowest BCUT2D eigenvalue weighted by atomic mass is 10.0. The van der Waals surface area contributed by atoms with Gasteiger partial charge in [0.05, 0.1) is 12.6 Å². The van der Waals surface area contributed by atoms with E-state index < -0.39 is 0 Å². The summed E-state index contributed by atoms with van der Waals surface area (Å²) in [6, 6.07) is 0. The zero-order chi connectivity index (χ0) is 12.3. The number of carbonyl (C=O) groups is 1. The molecule has 2 rings (SSSR count). The van der Waals surface area contributed by atoms with Crippen molar-refractivity contribution >= 4 is 5.91 Å². The van der Waals surface area contributed by atoms with Gasteiger partial charge in [0, 0.05) is 45.2 Å². The Labute approximate surface area is 103 Å². The van der Waals surface area contributed by atoms with Gasteiger partial charge in [0.2, 0.25) is 5.91 Å². The zero-order valence-corrected chi connectivity index (χ0v) is 10.6. The lowest BCUT2D eigenvalue weighted by Gasteiger charge is -2.28. The second-order valence-corrected chi connectivity index (χ2v) is 5.16. The van der Waals surface area contributed by atoms with Crippen molar-refractivity contribution in [1.82, 2.24) is 15.1 Å². The molecule has 5 nitrogen and oxygen atoms in total. The van der Waals surface area contributed by atoms with E-state index >= 15 is 0 Å². The molecule has 2 unspecified atom stereocenters. The monoisotopic (exact) mass is 241 g/mol. The van der Waals surface area contributed by atoms with E-state index in [1.165, 1.54) is 0 Å². The fraction of sp³-hybridized carbons (Fsp3) is 0.917. The lowest BCUT2D eigenvalue weighted by Crippen LogP contribution is -2.48. The van der Waals surface area contributed by atoms with Crippen LogP contribution in [0.5, 0.6) is 0 Å². The minimum atomic E-state index is -0.299. The van der Waals surface area contributed by atoms with Gasteiger partial charge in [-0.15, -0.1) is 0 Å². The first-order chi connectivity index (χ1) is 8.16. The number of carbonyl (C=O) groups excluding carboxylic acids is 1. The Bertz CT molecular complexity index is 264. The Hall–Kier alpha value is -0.650. The quantitative estimate of drug-likeness (QED) is 0.674. The van der Waals surface area contributed by atoms with Gasteiger partial charge in [-0.3, -0.25) is 9.69 Å². The summed E-state index contributed by atoms with van der Waals surface area (Å²) >= 11 is 0. The van der Waals surface area contributed by atoms with Crippen molar-refractivity contribution in [2.24, 2.45) is 5.92 Å². The average Bonchev–Trinajstić information content (AvgIpc) is 2.79. The molecule has 17 heavy (non-hydrogen) atoms. The largest absolute Gasteiger partial charge is 0.393 e. The third kappa shape index (κ3) is 3.40. The van der Waals surface area contributed by atoms with Crippen molar-refractivity contribution < 1.29 is 9.90 Å². The van der Waals surface area contributed by atoms with Gasteiger partial charge in [-0.2, -0.15) is 0 Å². The van der Waals surface area contributed by atoms with Crippen LogP contribution in [-0.4, -0.2) is 72.7 Å². The second-order valence-electron chi connectivity index (χ2n) is 5.16. The summed E-state index contributed by atoms with van der Waals surface area (Å²) in [6.45, 7) is 7.75. The van der Waals surface area contributed by atoms with Crippen LogP contribution in [0, 0.1) is 5.92 Å². The third-order valence-electron chi connectivity index (χ3n) is 3.83. The van der Waals surface area contributed by atoms with E-state index in [0.29, 0.717) is 6.54 Å². The van der Waals surface area contributed by atoms with Gasteiger partial charge >= 0.3 is 0 Å². The number of amides is 1. The molecule has 0 radical (unpaired) electrons.